The summed E-state index contributed by atoms with van der Waals surface area (Å²) in [6.45, 7) is 0.648. The van der Waals surface area contributed by atoms with Crippen LogP contribution in [0.2, 0.25) is 15.1 Å². The number of halogens is 3. The number of rotatable bonds is 10. The van der Waals surface area contributed by atoms with E-state index in [0.717, 1.165) is 28.9 Å². The molecule has 10 heteroatoms. The van der Waals surface area contributed by atoms with Crippen LogP contribution in [0, 0.1) is 0 Å². The molecular formula is C24H23Cl3N2O3S2. The number of hydrogen-bond acceptors (Lipinski definition) is 4. The summed E-state index contributed by atoms with van der Waals surface area (Å²) in [7, 11) is -3.52. The fraction of sp³-hybridized carbons (Fsp3) is 0.208. The lowest BCUT2D eigenvalue weighted by atomic mass is 10.1. The lowest BCUT2D eigenvalue weighted by molar-refractivity contribution is 0.0956. The summed E-state index contributed by atoms with van der Waals surface area (Å²) in [5.41, 5.74) is 2.81. The maximum atomic E-state index is 12.4. The largest absolute Gasteiger partial charge is 0.351 e. The number of carbonyl (C=O) groups is 1. The molecule has 0 aliphatic rings. The first-order chi connectivity index (χ1) is 16.1. The lowest BCUT2D eigenvalue weighted by Gasteiger charge is -2.22. The van der Waals surface area contributed by atoms with Crippen molar-refractivity contribution in [1.29, 1.82) is 0 Å². The van der Waals surface area contributed by atoms with Crippen LogP contribution < -0.4 is 9.62 Å². The van der Waals surface area contributed by atoms with Crippen molar-refractivity contribution in [2.75, 3.05) is 22.9 Å². The van der Waals surface area contributed by atoms with Crippen molar-refractivity contribution in [2.45, 2.75) is 12.3 Å². The zero-order chi connectivity index (χ0) is 24.7. The van der Waals surface area contributed by atoms with Gasteiger partial charge in [0.05, 0.1) is 28.5 Å². The van der Waals surface area contributed by atoms with Gasteiger partial charge in [-0.15, -0.1) is 0 Å². The maximum Gasteiger partial charge on any atom is 0.251 e. The van der Waals surface area contributed by atoms with Gasteiger partial charge in [-0.2, -0.15) is 11.8 Å². The van der Waals surface area contributed by atoms with Crippen LogP contribution in [0.1, 0.15) is 21.5 Å². The van der Waals surface area contributed by atoms with Gasteiger partial charge in [0, 0.05) is 28.6 Å². The van der Waals surface area contributed by atoms with Crippen LogP contribution in [0.4, 0.5) is 5.69 Å². The number of thioether (sulfide) groups is 1. The lowest BCUT2D eigenvalue weighted by Crippen LogP contribution is -2.29. The molecule has 3 rings (SSSR count). The predicted octanol–water partition coefficient (Wildman–Crippen LogP) is 6.28. The second-order valence-electron chi connectivity index (χ2n) is 7.50. The van der Waals surface area contributed by atoms with E-state index in [4.69, 9.17) is 34.8 Å². The molecule has 0 radical (unpaired) electrons. The number of anilines is 1. The SMILES string of the molecule is CS(=O)(=O)N(Cc1ccc(C(=O)NCCSCc2ccc(Cl)c(Cl)c2)cc1)c1cccc(Cl)c1. The highest BCUT2D eigenvalue weighted by molar-refractivity contribution is 7.98. The third-order valence-electron chi connectivity index (χ3n) is 4.82. The Morgan fingerprint density at radius 1 is 0.941 bits per heavy atom. The summed E-state index contributed by atoms with van der Waals surface area (Å²) in [6, 6.07) is 19.1. The van der Waals surface area contributed by atoms with Gasteiger partial charge in [-0.25, -0.2) is 8.42 Å². The molecule has 5 nitrogen and oxygen atoms in total. The van der Waals surface area contributed by atoms with Gasteiger partial charge in [-0.3, -0.25) is 9.10 Å². The van der Waals surface area contributed by atoms with E-state index in [9.17, 15) is 13.2 Å². The smallest absolute Gasteiger partial charge is 0.251 e. The van der Waals surface area contributed by atoms with Crippen molar-refractivity contribution < 1.29 is 13.2 Å². The van der Waals surface area contributed by atoms with Crippen LogP contribution in [0.5, 0.6) is 0 Å². The number of nitrogens with zero attached hydrogens (tertiary/aromatic N) is 1. The zero-order valence-electron chi connectivity index (χ0n) is 18.3. The Labute approximate surface area is 219 Å². The Balaban J connectivity index is 1.51. The second kappa shape index (κ2) is 12.2. The van der Waals surface area contributed by atoms with E-state index in [2.05, 4.69) is 5.32 Å². The highest BCUT2D eigenvalue weighted by Crippen LogP contribution is 2.25. The van der Waals surface area contributed by atoms with Gasteiger partial charge in [0.25, 0.3) is 5.91 Å². The van der Waals surface area contributed by atoms with Gasteiger partial charge in [0.1, 0.15) is 0 Å². The molecule has 3 aromatic rings. The molecule has 0 unspecified atom stereocenters. The van der Waals surface area contributed by atoms with E-state index >= 15 is 0 Å². The molecule has 1 N–H and O–H groups in total. The summed E-state index contributed by atoms with van der Waals surface area (Å²) >= 11 is 19.7. The fourth-order valence-electron chi connectivity index (χ4n) is 3.12. The normalized spacial score (nSPS) is 11.3. The van der Waals surface area contributed by atoms with Gasteiger partial charge < -0.3 is 5.32 Å². The molecule has 0 fully saturated rings. The first-order valence-electron chi connectivity index (χ1n) is 10.3. The monoisotopic (exact) mass is 556 g/mol. The van der Waals surface area contributed by atoms with E-state index in [0.29, 0.717) is 32.9 Å². The van der Waals surface area contributed by atoms with E-state index < -0.39 is 10.0 Å². The molecule has 34 heavy (non-hydrogen) atoms. The van der Waals surface area contributed by atoms with E-state index in [1.54, 1.807) is 66.4 Å². The number of sulfonamides is 1. The highest BCUT2D eigenvalue weighted by atomic mass is 35.5. The minimum Gasteiger partial charge on any atom is -0.351 e. The summed E-state index contributed by atoms with van der Waals surface area (Å²) in [5, 5.41) is 4.41. The average molecular weight is 558 g/mol. The molecule has 0 aromatic heterocycles. The molecule has 0 saturated carbocycles. The Kier molecular flexibility index (Phi) is 9.56. The standard InChI is InChI=1S/C24H23Cl3N2O3S2/c1-34(31,32)29(21-4-2-3-20(25)14-21)15-17-5-8-19(9-6-17)24(30)28-11-12-33-16-18-7-10-22(26)23(27)13-18/h2-10,13-14H,11-12,15-16H2,1H3,(H,28,30). The zero-order valence-corrected chi connectivity index (χ0v) is 22.2. The Morgan fingerprint density at radius 2 is 1.65 bits per heavy atom. The molecule has 0 heterocycles. The molecule has 0 bridgehead atoms. The van der Waals surface area contributed by atoms with Crippen LogP contribution >= 0.6 is 46.6 Å². The topological polar surface area (TPSA) is 66.5 Å². The average Bonchev–Trinajstić information content (AvgIpc) is 2.79. The minimum atomic E-state index is -3.52. The number of amides is 1. The Morgan fingerprint density at radius 3 is 2.29 bits per heavy atom. The van der Waals surface area contributed by atoms with Crippen LogP contribution in [-0.4, -0.2) is 32.9 Å². The van der Waals surface area contributed by atoms with E-state index in [1.165, 1.54) is 4.31 Å². The van der Waals surface area contributed by atoms with Crippen molar-refractivity contribution in [1.82, 2.24) is 5.32 Å². The van der Waals surface area contributed by atoms with Crippen LogP contribution in [0.25, 0.3) is 0 Å². The molecule has 180 valence electrons. The summed E-state index contributed by atoms with van der Waals surface area (Å²) in [4.78, 5) is 12.4. The Hall–Kier alpha value is -1.90. The summed E-state index contributed by atoms with van der Waals surface area (Å²) in [6.07, 6.45) is 1.15. The minimum absolute atomic E-state index is 0.131. The maximum absolute atomic E-state index is 12.4. The highest BCUT2D eigenvalue weighted by Gasteiger charge is 2.18. The Bertz CT molecular complexity index is 1250. The fourth-order valence-corrected chi connectivity index (χ4v) is 5.31. The van der Waals surface area contributed by atoms with E-state index in [1.807, 2.05) is 12.1 Å². The van der Waals surface area contributed by atoms with Gasteiger partial charge in [0.15, 0.2) is 0 Å². The van der Waals surface area contributed by atoms with Crippen molar-refractivity contribution in [2.24, 2.45) is 0 Å². The summed E-state index contributed by atoms with van der Waals surface area (Å²) in [5.74, 6) is 1.33. The quantitative estimate of drug-likeness (QED) is 0.298. The van der Waals surface area contributed by atoms with Gasteiger partial charge in [-0.05, 0) is 53.6 Å². The van der Waals surface area contributed by atoms with E-state index in [-0.39, 0.29) is 12.5 Å². The van der Waals surface area contributed by atoms with Gasteiger partial charge in [-0.1, -0.05) is 59.1 Å². The molecule has 0 atom stereocenters. The molecule has 0 aliphatic carbocycles. The number of benzene rings is 3. The number of hydrogen-bond donors (Lipinski definition) is 1. The van der Waals surface area contributed by atoms with Crippen LogP contribution in [0.3, 0.4) is 0 Å². The predicted molar refractivity (Wildman–Crippen MR) is 144 cm³/mol. The molecule has 3 aromatic carbocycles. The first-order valence-corrected chi connectivity index (χ1v) is 14.4. The molecular weight excluding hydrogens is 535 g/mol. The number of carbonyl (C=O) groups excluding carboxylic acids is 1. The van der Waals surface area contributed by atoms with Crippen molar-refractivity contribution in [3.63, 3.8) is 0 Å². The van der Waals surface area contributed by atoms with Crippen molar-refractivity contribution >= 4 is 68.2 Å². The van der Waals surface area contributed by atoms with Gasteiger partial charge in [0.2, 0.25) is 10.0 Å². The molecule has 1 amide bonds. The third kappa shape index (κ3) is 7.82. The summed E-state index contributed by atoms with van der Waals surface area (Å²) < 4.78 is 25.9. The van der Waals surface area contributed by atoms with Gasteiger partial charge >= 0.3 is 0 Å². The molecule has 0 saturated heterocycles. The van der Waals surface area contributed by atoms with Crippen molar-refractivity contribution in [3.05, 3.63) is 98.5 Å². The van der Waals surface area contributed by atoms with Crippen LogP contribution in [0.15, 0.2) is 66.7 Å². The third-order valence-corrected chi connectivity index (χ3v) is 7.97. The first kappa shape index (κ1) is 26.7. The van der Waals surface area contributed by atoms with Crippen molar-refractivity contribution in [3.8, 4) is 0 Å². The van der Waals surface area contributed by atoms with Crippen LogP contribution in [-0.2, 0) is 22.3 Å². The molecule has 0 aliphatic heterocycles. The molecule has 0 spiro atoms. The number of nitrogens with one attached hydrogen (secondary N) is 1. The second-order valence-corrected chi connectivity index (χ2v) is 11.8.